The van der Waals surface area contributed by atoms with Gasteiger partial charge in [0.2, 0.25) is 0 Å². The average Bonchev–Trinajstić information content (AvgIpc) is 3.09. The maximum atomic E-state index is 12.6. The van der Waals surface area contributed by atoms with Crippen molar-refractivity contribution < 1.29 is 4.79 Å². The molecule has 23 heavy (non-hydrogen) atoms. The summed E-state index contributed by atoms with van der Waals surface area (Å²) >= 11 is 0. The first kappa shape index (κ1) is 19.4. The monoisotopic (exact) mass is 357 g/mol. The van der Waals surface area contributed by atoms with Crippen molar-refractivity contribution >= 4 is 30.7 Å². The van der Waals surface area contributed by atoms with Crippen LogP contribution in [0.5, 0.6) is 0 Å². The van der Waals surface area contributed by atoms with Crippen molar-refractivity contribution in [2.45, 2.75) is 18.9 Å². The summed E-state index contributed by atoms with van der Waals surface area (Å²) < 4.78 is 1.66. The number of pyridine rings is 1. The topological polar surface area (TPSA) is 63.1 Å². The van der Waals surface area contributed by atoms with Crippen LogP contribution in [0.15, 0.2) is 36.7 Å². The molecule has 1 fully saturated rings. The Labute approximate surface area is 148 Å². The van der Waals surface area contributed by atoms with E-state index in [1.54, 1.807) is 16.9 Å². The zero-order valence-corrected chi connectivity index (χ0v) is 14.5. The maximum absolute atomic E-state index is 12.6. The summed E-state index contributed by atoms with van der Waals surface area (Å²) in [7, 11) is 1.94. The lowest BCUT2D eigenvalue weighted by Gasteiger charge is -2.32. The second-order valence-corrected chi connectivity index (χ2v) is 5.21. The van der Waals surface area contributed by atoms with Crippen molar-refractivity contribution in [1.82, 2.24) is 25.0 Å². The molecule has 6 nitrogen and oxygen atoms in total. The van der Waals surface area contributed by atoms with E-state index < -0.39 is 0 Å². The molecule has 2 aromatic heterocycles. The van der Waals surface area contributed by atoms with Crippen LogP contribution in [0.3, 0.4) is 0 Å². The Balaban J connectivity index is 0.00000132. The molecule has 0 spiro atoms. The number of likely N-dealkylation sites (tertiary alicyclic amines) is 1. The van der Waals surface area contributed by atoms with Gasteiger partial charge in [-0.05, 0) is 38.1 Å². The SMILES string of the molecule is CNC1CCCN(C(=O)c2cccc(-n3cccn3)n2)C1.Cl.Cl. The quantitative estimate of drug-likeness (QED) is 0.911. The summed E-state index contributed by atoms with van der Waals surface area (Å²) in [6, 6.07) is 7.65. The summed E-state index contributed by atoms with van der Waals surface area (Å²) in [5.74, 6) is 0.650. The van der Waals surface area contributed by atoms with E-state index >= 15 is 0 Å². The lowest BCUT2D eigenvalue weighted by Crippen LogP contribution is -2.47. The molecule has 0 radical (unpaired) electrons. The van der Waals surface area contributed by atoms with Gasteiger partial charge in [-0.3, -0.25) is 4.79 Å². The predicted octanol–water partition coefficient (Wildman–Crippen LogP) is 1.93. The molecule has 3 heterocycles. The highest BCUT2D eigenvalue weighted by Gasteiger charge is 2.24. The second-order valence-electron chi connectivity index (χ2n) is 5.21. The number of carbonyl (C=O) groups is 1. The lowest BCUT2D eigenvalue weighted by atomic mass is 10.1. The van der Waals surface area contributed by atoms with Crippen LogP contribution >= 0.6 is 24.8 Å². The second kappa shape index (κ2) is 8.86. The number of nitrogens with zero attached hydrogens (tertiary/aromatic N) is 4. The van der Waals surface area contributed by atoms with E-state index in [0.29, 0.717) is 17.6 Å². The molecular weight excluding hydrogens is 337 g/mol. The third kappa shape index (κ3) is 4.43. The van der Waals surface area contributed by atoms with E-state index in [1.165, 1.54) is 0 Å². The van der Waals surface area contributed by atoms with Gasteiger partial charge in [-0.25, -0.2) is 9.67 Å². The zero-order valence-electron chi connectivity index (χ0n) is 12.9. The van der Waals surface area contributed by atoms with Gasteiger partial charge in [-0.15, -0.1) is 24.8 Å². The standard InChI is InChI=1S/C15H19N5O.2ClH/c1-16-12-5-3-9-19(11-12)15(21)13-6-2-7-14(18-13)20-10-4-8-17-20;;/h2,4,6-8,10,12,16H,3,5,9,11H2,1H3;2*1H. The van der Waals surface area contributed by atoms with Crippen LogP contribution in [0.1, 0.15) is 23.3 Å². The molecule has 1 amide bonds. The highest BCUT2D eigenvalue weighted by molar-refractivity contribution is 5.92. The van der Waals surface area contributed by atoms with Crippen molar-refractivity contribution in [3.63, 3.8) is 0 Å². The van der Waals surface area contributed by atoms with Gasteiger partial charge in [-0.1, -0.05) is 6.07 Å². The van der Waals surface area contributed by atoms with E-state index in [0.717, 1.165) is 25.9 Å². The molecule has 0 aromatic carbocycles. The molecule has 0 saturated carbocycles. The van der Waals surface area contributed by atoms with Crippen LogP contribution in [0.25, 0.3) is 5.82 Å². The molecule has 1 aliphatic rings. The van der Waals surface area contributed by atoms with Crippen LogP contribution in [-0.4, -0.2) is 51.8 Å². The minimum absolute atomic E-state index is 0. The number of nitrogens with one attached hydrogen (secondary N) is 1. The molecule has 1 atom stereocenters. The largest absolute Gasteiger partial charge is 0.336 e. The number of hydrogen-bond acceptors (Lipinski definition) is 4. The number of likely N-dealkylation sites (N-methyl/N-ethyl adjacent to an activating group) is 1. The first-order valence-corrected chi connectivity index (χ1v) is 7.21. The normalized spacial score (nSPS) is 17.1. The number of rotatable bonds is 3. The summed E-state index contributed by atoms with van der Waals surface area (Å²) in [5.41, 5.74) is 0.472. The number of carbonyl (C=O) groups excluding carboxylic acids is 1. The zero-order chi connectivity index (χ0) is 14.7. The first-order chi connectivity index (χ1) is 10.3. The van der Waals surface area contributed by atoms with Gasteiger partial charge < -0.3 is 10.2 Å². The van der Waals surface area contributed by atoms with Crippen LogP contribution in [0, 0.1) is 0 Å². The van der Waals surface area contributed by atoms with Gasteiger partial charge in [0.15, 0.2) is 5.82 Å². The number of amides is 1. The van der Waals surface area contributed by atoms with Gasteiger partial charge in [0.1, 0.15) is 5.69 Å². The molecule has 1 aliphatic heterocycles. The van der Waals surface area contributed by atoms with Gasteiger partial charge in [0, 0.05) is 31.5 Å². The molecule has 8 heteroatoms. The fourth-order valence-corrected chi connectivity index (χ4v) is 2.63. The lowest BCUT2D eigenvalue weighted by molar-refractivity contribution is 0.0692. The van der Waals surface area contributed by atoms with Crippen molar-refractivity contribution in [2.75, 3.05) is 20.1 Å². The van der Waals surface area contributed by atoms with Crippen LogP contribution in [0.2, 0.25) is 0 Å². The molecule has 126 valence electrons. The minimum atomic E-state index is -0.0102. The molecule has 0 aliphatic carbocycles. The Morgan fingerprint density at radius 3 is 2.83 bits per heavy atom. The van der Waals surface area contributed by atoms with Gasteiger partial charge in [-0.2, -0.15) is 5.10 Å². The Bertz CT molecular complexity index is 620. The Hall–Kier alpha value is -1.63. The Kier molecular flexibility index (Phi) is 7.48. The van der Waals surface area contributed by atoms with E-state index in [9.17, 15) is 4.79 Å². The highest BCUT2D eigenvalue weighted by atomic mass is 35.5. The third-order valence-electron chi connectivity index (χ3n) is 3.81. The molecular formula is C15H21Cl2N5O. The van der Waals surface area contributed by atoms with Crippen molar-refractivity contribution in [3.05, 3.63) is 42.4 Å². The summed E-state index contributed by atoms with van der Waals surface area (Å²) in [5, 5.41) is 7.39. The average molecular weight is 358 g/mol. The van der Waals surface area contributed by atoms with Gasteiger partial charge in [0.05, 0.1) is 0 Å². The highest BCUT2D eigenvalue weighted by Crippen LogP contribution is 2.13. The van der Waals surface area contributed by atoms with Gasteiger partial charge in [0.25, 0.3) is 5.91 Å². The summed E-state index contributed by atoms with van der Waals surface area (Å²) in [6.45, 7) is 1.54. The third-order valence-corrected chi connectivity index (χ3v) is 3.81. The number of halogens is 2. The van der Waals surface area contributed by atoms with Crippen molar-refractivity contribution in [3.8, 4) is 5.82 Å². The molecule has 1 N–H and O–H groups in total. The van der Waals surface area contributed by atoms with Crippen LogP contribution in [-0.2, 0) is 0 Å². The predicted molar refractivity (Wildman–Crippen MR) is 93.8 cm³/mol. The first-order valence-electron chi connectivity index (χ1n) is 7.21. The minimum Gasteiger partial charge on any atom is -0.336 e. The van der Waals surface area contributed by atoms with Crippen molar-refractivity contribution in [2.24, 2.45) is 0 Å². The smallest absolute Gasteiger partial charge is 0.272 e. The maximum Gasteiger partial charge on any atom is 0.272 e. The fraction of sp³-hybridized carbons (Fsp3) is 0.400. The molecule has 3 rings (SSSR count). The molecule has 2 aromatic rings. The van der Waals surface area contributed by atoms with Crippen molar-refractivity contribution in [1.29, 1.82) is 0 Å². The Morgan fingerprint density at radius 1 is 1.30 bits per heavy atom. The molecule has 0 bridgehead atoms. The van der Waals surface area contributed by atoms with Crippen LogP contribution < -0.4 is 5.32 Å². The Morgan fingerprint density at radius 2 is 2.13 bits per heavy atom. The van der Waals surface area contributed by atoms with Gasteiger partial charge >= 0.3 is 0 Å². The van der Waals surface area contributed by atoms with E-state index in [2.05, 4.69) is 15.4 Å². The van der Waals surface area contributed by atoms with E-state index in [1.807, 2.05) is 36.3 Å². The number of piperidine rings is 1. The summed E-state index contributed by atoms with van der Waals surface area (Å²) in [4.78, 5) is 18.9. The molecule has 1 unspecified atom stereocenters. The van der Waals surface area contributed by atoms with E-state index in [4.69, 9.17) is 0 Å². The van der Waals surface area contributed by atoms with E-state index in [-0.39, 0.29) is 30.7 Å². The fourth-order valence-electron chi connectivity index (χ4n) is 2.63. The number of hydrogen-bond donors (Lipinski definition) is 1. The van der Waals surface area contributed by atoms with Crippen LogP contribution in [0.4, 0.5) is 0 Å². The molecule has 1 saturated heterocycles. The number of aromatic nitrogens is 3. The summed E-state index contributed by atoms with van der Waals surface area (Å²) in [6.07, 6.45) is 5.64.